The highest BCUT2D eigenvalue weighted by Crippen LogP contribution is 2.26. The molecule has 33 heavy (non-hydrogen) atoms. The zero-order valence-corrected chi connectivity index (χ0v) is 20.5. The highest BCUT2D eigenvalue weighted by molar-refractivity contribution is 5.89. The summed E-state index contributed by atoms with van der Waals surface area (Å²) in [5.41, 5.74) is 0. The van der Waals surface area contributed by atoms with E-state index in [4.69, 9.17) is 9.47 Å². The molecular weight excluding hydrogens is 424 g/mol. The molecular formula is C26H44O7. The zero-order chi connectivity index (χ0) is 24.5. The van der Waals surface area contributed by atoms with Gasteiger partial charge in [-0.05, 0) is 39.0 Å². The Labute approximate surface area is 198 Å². The van der Waals surface area contributed by atoms with Gasteiger partial charge in [0.1, 0.15) is 12.2 Å². The van der Waals surface area contributed by atoms with E-state index < -0.39 is 35.8 Å². The number of carbonyl (C=O) groups is 2. The van der Waals surface area contributed by atoms with Crippen molar-refractivity contribution in [1.82, 2.24) is 0 Å². The Balaban J connectivity index is 2.11. The second-order valence-corrected chi connectivity index (χ2v) is 8.71. The van der Waals surface area contributed by atoms with Crippen molar-refractivity contribution in [2.45, 2.75) is 122 Å². The van der Waals surface area contributed by atoms with Gasteiger partial charge in [0.05, 0.1) is 6.61 Å². The van der Waals surface area contributed by atoms with Crippen LogP contribution in [0.3, 0.4) is 0 Å². The molecule has 0 spiro atoms. The number of aliphatic hydroxyl groups excluding tert-OH is 3. The Morgan fingerprint density at radius 2 is 1.48 bits per heavy atom. The van der Waals surface area contributed by atoms with Crippen LogP contribution in [-0.2, 0) is 19.1 Å². The first-order chi connectivity index (χ1) is 15.9. The molecule has 0 radical (unpaired) electrons. The number of cyclic esters (lactones) is 1. The summed E-state index contributed by atoms with van der Waals surface area (Å²) in [6.45, 7) is 4.01. The Morgan fingerprint density at radius 1 is 0.939 bits per heavy atom. The van der Waals surface area contributed by atoms with Gasteiger partial charge in [-0.2, -0.15) is 0 Å². The summed E-state index contributed by atoms with van der Waals surface area (Å²) in [7, 11) is 0. The fourth-order valence-corrected chi connectivity index (χ4v) is 3.86. The number of hydrogen-bond acceptors (Lipinski definition) is 7. The summed E-state index contributed by atoms with van der Waals surface area (Å²) in [6.07, 6.45) is 14.9. The summed E-state index contributed by atoms with van der Waals surface area (Å²) in [4.78, 5) is 23.7. The lowest BCUT2D eigenvalue weighted by atomic mass is 9.98. The van der Waals surface area contributed by atoms with Crippen molar-refractivity contribution >= 4 is 11.8 Å². The van der Waals surface area contributed by atoms with E-state index in [2.05, 4.69) is 19.1 Å². The highest BCUT2D eigenvalue weighted by atomic mass is 16.6. The van der Waals surface area contributed by atoms with Crippen molar-refractivity contribution in [3.8, 4) is 0 Å². The van der Waals surface area contributed by atoms with E-state index >= 15 is 0 Å². The molecule has 1 aliphatic rings. The van der Waals surface area contributed by atoms with Crippen LogP contribution in [0.15, 0.2) is 23.7 Å². The molecule has 3 atom stereocenters. The minimum atomic E-state index is -1.71. The molecule has 1 rings (SSSR count). The van der Waals surface area contributed by atoms with E-state index in [0.29, 0.717) is 6.42 Å². The van der Waals surface area contributed by atoms with Crippen molar-refractivity contribution in [2.75, 3.05) is 6.61 Å². The van der Waals surface area contributed by atoms with Gasteiger partial charge in [0.15, 0.2) is 17.6 Å². The Bertz CT molecular complexity index is 626. The smallest absolute Gasteiger partial charge is 0.378 e. The molecule has 0 aromatic carbocycles. The van der Waals surface area contributed by atoms with E-state index in [1.165, 1.54) is 44.9 Å². The molecule has 0 bridgehead atoms. The molecule has 3 N–H and O–H groups in total. The van der Waals surface area contributed by atoms with Crippen molar-refractivity contribution in [3.63, 3.8) is 0 Å². The predicted octanol–water partition coefficient (Wildman–Crippen LogP) is 5.05. The lowest BCUT2D eigenvalue weighted by molar-refractivity contribution is -0.155. The summed E-state index contributed by atoms with van der Waals surface area (Å²) < 4.78 is 9.98. The fourth-order valence-electron chi connectivity index (χ4n) is 3.86. The molecule has 0 saturated heterocycles. The maximum absolute atomic E-state index is 12.2. The molecule has 0 aromatic rings. The molecule has 0 amide bonds. The molecule has 1 heterocycles. The first-order valence-electron chi connectivity index (χ1n) is 12.7. The third kappa shape index (κ3) is 11.2. The molecule has 1 unspecified atom stereocenters. The lowest BCUT2D eigenvalue weighted by Crippen LogP contribution is -2.43. The average molecular weight is 469 g/mol. The first kappa shape index (κ1) is 29.2. The Hall–Kier alpha value is -1.86. The third-order valence-corrected chi connectivity index (χ3v) is 5.87. The fraction of sp³-hybridized carbons (Fsp3) is 0.769. The van der Waals surface area contributed by atoms with Gasteiger partial charge in [0.2, 0.25) is 5.76 Å². The molecule has 190 valence electrons. The number of allylic oxidation sites excluding steroid dienone is 2. The van der Waals surface area contributed by atoms with E-state index in [1.807, 2.05) is 0 Å². The van der Waals surface area contributed by atoms with E-state index in [1.54, 1.807) is 6.92 Å². The second kappa shape index (κ2) is 17.6. The monoisotopic (exact) mass is 468 g/mol. The quantitative estimate of drug-likeness (QED) is 0.130. The minimum absolute atomic E-state index is 0.136. The topological polar surface area (TPSA) is 113 Å². The van der Waals surface area contributed by atoms with Crippen molar-refractivity contribution in [2.24, 2.45) is 0 Å². The number of aliphatic hydroxyl groups is 3. The predicted molar refractivity (Wildman–Crippen MR) is 128 cm³/mol. The maximum Gasteiger partial charge on any atom is 0.378 e. The van der Waals surface area contributed by atoms with E-state index in [0.717, 1.165) is 32.1 Å². The Morgan fingerprint density at radius 3 is 2.06 bits per heavy atom. The molecule has 7 heteroatoms. The van der Waals surface area contributed by atoms with E-state index in [-0.39, 0.29) is 18.8 Å². The van der Waals surface area contributed by atoms with Crippen LogP contribution in [0.25, 0.3) is 0 Å². The number of rotatable bonds is 20. The number of unbranched alkanes of at least 4 members (excludes halogenated alkanes) is 11. The third-order valence-electron chi connectivity index (χ3n) is 5.87. The van der Waals surface area contributed by atoms with Crippen LogP contribution in [0.5, 0.6) is 0 Å². The van der Waals surface area contributed by atoms with Crippen LogP contribution in [0.4, 0.5) is 0 Å². The van der Waals surface area contributed by atoms with E-state index in [9.17, 15) is 24.9 Å². The van der Waals surface area contributed by atoms with Gasteiger partial charge in [-0.25, -0.2) is 4.79 Å². The van der Waals surface area contributed by atoms with Crippen LogP contribution in [0.2, 0.25) is 0 Å². The van der Waals surface area contributed by atoms with Crippen LogP contribution in [0, 0.1) is 0 Å². The first-order valence-corrected chi connectivity index (χ1v) is 12.7. The van der Waals surface area contributed by atoms with Crippen LogP contribution in [0.1, 0.15) is 104 Å². The molecule has 0 fully saturated rings. The SMILES string of the molecule is CCCCCCCC/C=C\CCCCCCCC(=O)C(O)[C@H](O)[C@H]1OC(=O)C(O)=C1OCC. The normalized spacial score (nSPS) is 18.1. The average Bonchev–Trinajstić information content (AvgIpc) is 3.09. The van der Waals surface area contributed by atoms with Crippen molar-refractivity contribution in [1.29, 1.82) is 0 Å². The van der Waals surface area contributed by atoms with Gasteiger partial charge >= 0.3 is 5.97 Å². The summed E-state index contributed by atoms with van der Waals surface area (Å²) >= 11 is 0. The van der Waals surface area contributed by atoms with Gasteiger partial charge in [0.25, 0.3) is 0 Å². The zero-order valence-electron chi connectivity index (χ0n) is 20.5. The largest absolute Gasteiger partial charge is 0.499 e. The number of Topliss-reactive ketones (excluding diaryl/α,β-unsaturated/α-hetero) is 1. The molecule has 0 saturated carbocycles. The van der Waals surface area contributed by atoms with Gasteiger partial charge in [-0.1, -0.05) is 70.4 Å². The Kier molecular flexibility index (Phi) is 15.6. The number of carbonyl (C=O) groups excluding carboxylic acids is 2. The minimum Gasteiger partial charge on any atom is -0.499 e. The summed E-state index contributed by atoms with van der Waals surface area (Å²) in [5.74, 6) is -2.54. The molecule has 0 aromatic heterocycles. The van der Waals surface area contributed by atoms with Gasteiger partial charge in [0, 0.05) is 6.42 Å². The molecule has 1 aliphatic heterocycles. The van der Waals surface area contributed by atoms with Crippen LogP contribution in [-0.4, -0.2) is 52.0 Å². The number of esters is 1. The summed E-state index contributed by atoms with van der Waals surface area (Å²) in [5, 5.41) is 30.1. The van der Waals surface area contributed by atoms with Gasteiger partial charge in [-0.15, -0.1) is 0 Å². The van der Waals surface area contributed by atoms with Crippen molar-refractivity contribution < 1.29 is 34.4 Å². The van der Waals surface area contributed by atoms with Gasteiger partial charge in [-0.3, -0.25) is 4.79 Å². The molecule has 7 nitrogen and oxygen atoms in total. The number of ether oxygens (including phenoxy) is 2. The maximum atomic E-state index is 12.2. The highest BCUT2D eigenvalue weighted by Gasteiger charge is 2.44. The number of hydrogen-bond donors (Lipinski definition) is 3. The summed E-state index contributed by atoms with van der Waals surface area (Å²) in [6, 6.07) is 0. The van der Waals surface area contributed by atoms with Crippen LogP contribution >= 0.6 is 0 Å². The standard InChI is InChI=1S/C26H44O7/c1-3-5-6-7-8-9-10-11-12-13-14-15-16-17-18-19-20(27)21(28)22(29)25-24(32-4-2)23(30)26(31)33-25/h11-12,21-22,25,28-30H,3-10,13-19H2,1-2H3/b12-11-/t21?,22-,25+/m0/s1. The second-order valence-electron chi connectivity index (χ2n) is 8.71. The lowest BCUT2D eigenvalue weighted by Gasteiger charge is -2.23. The molecule has 0 aliphatic carbocycles. The van der Waals surface area contributed by atoms with Crippen molar-refractivity contribution in [3.05, 3.63) is 23.7 Å². The van der Waals surface area contributed by atoms with Gasteiger partial charge < -0.3 is 24.8 Å². The number of ketones is 1. The van der Waals surface area contributed by atoms with Crippen LogP contribution < -0.4 is 0 Å².